The minimum Gasteiger partial charge on any atom is -0.480 e. The minimum atomic E-state index is -0.827. The molecule has 1 unspecified atom stereocenters. The second-order valence-corrected chi connectivity index (χ2v) is 4.34. The van der Waals surface area contributed by atoms with Crippen molar-refractivity contribution in [3.8, 4) is 0 Å². The summed E-state index contributed by atoms with van der Waals surface area (Å²) < 4.78 is 0. The van der Waals surface area contributed by atoms with Gasteiger partial charge in [-0.05, 0) is 28.2 Å². The van der Waals surface area contributed by atoms with Crippen molar-refractivity contribution in [3.05, 3.63) is 0 Å². The smallest absolute Gasteiger partial charge is 0.322 e. The Labute approximate surface area is 104 Å². The van der Waals surface area contributed by atoms with Gasteiger partial charge in [-0.25, -0.2) is 0 Å². The van der Waals surface area contributed by atoms with E-state index in [4.69, 9.17) is 5.11 Å². The van der Waals surface area contributed by atoms with Crippen LogP contribution in [0.3, 0.4) is 0 Å². The molecule has 1 aliphatic heterocycles. The number of nitrogens with one attached hydrogen (secondary N) is 2. The predicted molar refractivity (Wildman–Crippen MR) is 69.4 cm³/mol. The van der Waals surface area contributed by atoms with Crippen molar-refractivity contribution in [2.24, 2.45) is 0 Å². The summed E-state index contributed by atoms with van der Waals surface area (Å²) >= 11 is 0. The summed E-state index contributed by atoms with van der Waals surface area (Å²) in [6.45, 7) is 5.38. The molecule has 0 aliphatic carbocycles. The van der Waals surface area contributed by atoms with Gasteiger partial charge < -0.3 is 25.5 Å². The summed E-state index contributed by atoms with van der Waals surface area (Å²) in [6.07, 6.45) is 0. The predicted octanol–water partition coefficient (Wildman–Crippen LogP) is -1.26. The maximum absolute atomic E-state index is 10.2. The lowest BCUT2D eigenvalue weighted by molar-refractivity contribution is -0.139. The monoisotopic (exact) mass is 246 g/mol. The van der Waals surface area contributed by atoms with E-state index in [2.05, 4.69) is 34.5 Å². The molecule has 1 saturated heterocycles. The molecule has 17 heavy (non-hydrogen) atoms. The fraction of sp³-hybridized carbons (Fsp3) is 0.909. The van der Waals surface area contributed by atoms with Crippen LogP contribution in [0.5, 0.6) is 0 Å². The van der Waals surface area contributed by atoms with Crippen LogP contribution in [0.1, 0.15) is 0 Å². The molecule has 0 aromatic carbocycles. The molecule has 1 heterocycles. The average Bonchev–Trinajstić information content (AvgIpc) is 2.30. The summed E-state index contributed by atoms with van der Waals surface area (Å²) in [5, 5.41) is 13.8. The largest absolute Gasteiger partial charge is 0.480 e. The van der Waals surface area contributed by atoms with Gasteiger partial charge in [0.1, 0.15) is 6.04 Å². The number of rotatable bonds is 4. The Kier molecular flexibility index (Phi) is 8.97. The molecule has 0 radical (unpaired) electrons. The van der Waals surface area contributed by atoms with E-state index in [1.807, 2.05) is 0 Å². The third-order valence-corrected chi connectivity index (χ3v) is 2.78. The molecule has 0 amide bonds. The number of carbonyl (C=O) groups is 1. The lowest BCUT2D eigenvalue weighted by atomic mass is 10.3. The van der Waals surface area contributed by atoms with E-state index in [-0.39, 0.29) is 0 Å². The van der Waals surface area contributed by atoms with Crippen molar-refractivity contribution < 1.29 is 9.90 Å². The Hall–Kier alpha value is -0.690. The molecule has 3 N–H and O–H groups in total. The zero-order valence-electron chi connectivity index (χ0n) is 11.4. The van der Waals surface area contributed by atoms with Crippen LogP contribution in [0.2, 0.25) is 0 Å². The summed E-state index contributed by atoms with van der Waals surface area (Å²) in [5.41, 5.74) is 0. The highest BCUT2D eigenvalue weighted by Gasteiger charge is 2.11. The molecule has 1 atom stereocenters. The summed E-state index contributed by atoms with van der Waals surface area (Å²) in [5.74, 6) is -0.827. The molecular formula is C11H26N4O2. The van der Waals surface area contributed by atoms with E-state index in [9.17, 15) is 4.79 Å². The van der Waals surface area contributed by atoms with Crippen molar-refractivity contribution >= 4 is 5.97 Å². The second-order valence-electron chi connectivity index (χ2n) is 4.34. The van der Waals surface area contributed by atoms with Crippen LogP contribution >= 0.6 is 0 Å². The van der Waals surface area contributed by atoms with Crippen molar-refractivity contribution in [3.63, 3.8) is 0 Å². The number of hydrogen-bond acceptors (Lipinski definition) is 5. The minimum absolute atomic E-state index is 0.450. The first-order chi connectivity index (χ1) is 8.01. The third kappa shape index (κ3) is 8.09. The number of aliphatic carboxylic acids is 1. The molecule has 0 spiro atoms. The van der Waals surface area contributed by atoms with Gasteiger partial charge in [0.25, 0.3) is 0 Å². The summed E-state index contributed by atoms with van der Waals surface area (Å²) in [7, 11) is 7.68. The molecule has 102 valence electrons. The molecule has 1 rings (SSSR count). The van der Waals surface area contributed by atoms with Crippen LogP contribution in [0, 0.1) is 0 Å². The van der Waals surface area contributed by atoms with Gasteiger partial charge in [0, 0.05) is 32.7 Å². The number of carboxylic acid groups (broad SMARTS) is 1. The van der Waals surface area contributed by atoms with Crippen molar-refractivity contribution in [1.82, 2.24) is 20.4 Å². The van der Waals surface area contributed by atoms with Gasteiger partial charge in [0.2, 0.25) is 0 Å². The molecule has 0 bridgehead atoms. The van der Waals surface area contributed by atoms with Crippen LogP contribution in [0.4, 0.5) is 0 Å². The van der Waals surface area contributed by atoms with Crippen LogP contribution in [-0.4, -0.2) is 87.8 Å². The highest BCUT2D eigenvalue weighted by atomic mass is 16.4. The Bertz CT molecular complexity index is 196. The van der Waals surface area contributed by atoms with E-state index in [0.717, 1.165) is 0 Å². The van der Waals surface area contributed by atoms with Crippen LogP contribution in [-0.2, 0) is 4.79 Å². The number of nitrogens with zero attached hydrogens (tertiary/aromatic N) is 2. The highest BCUT2D eigenvalue weighted by Crippen LogP contribution is 1.93. The molecule has 6 heteroatoms. The van der Waals surface area contributed by atoms with E-state index in [1.54, 1.807) is 14.1 Å². The molecule has 0 saturated carbocycles. The topological polar surface area (TPSA) is 67.8 Å². The highest BCUT2D eigenvalue weighted by molar-refractivity contribution is 5.73. The number of likely N-dealkylation sites (N-methyl/N-ethyl adjacent to an activating group) is 4. The Morgan fingerprint density at radius 1 is 1.18 bits per heavy atom. The van der Waals surface area contributed by atoms with Crippen LogP contribution in [0.15, 0.2) is 0 Å². The average molecular weight is 246 g/mol. The Morgan fingerprint density at radius 3 is 1.76 bits per heavy atom. The Balaban J connectivity index is 0.000000302. The maximum atomic E-state index is 10.2. The van der Waals surface area contributed by atoms with Crippen molar-refractivity contribution in [2.45, 2.75) is 6.04 Å². The summed E-state index contributed by atoms with van der Waals surface area (Å²) in [4.78, 5) is 14.9. The van der Waals surface area contributed by atoms with Gasteiger partial charge in [0.05, 0.1) is 0 Å². The van der Waals surface area contributed by atoms with Gasteiger partial charge in [-0.15, -0.1) is 0 Å². The normalized spacial score (nSPS) is 19.3. The van der Waals surface area contributed by atoms with E-state index in [0.29, 0.717) is 6.54 Å². The van der Waals surface area contributed by atoms with E-state index in [1.165, 1.54) is 26.2 Å². The number of piperazine rings is 1. The van der Waals surface area contributed by atoms with Gasteiger partial charge in [-0.1, -0.05) is 0 Å². The zero-order chi connectivity index (χ0) is 13.3. The number of hydrogen-bond donors (Lipinski definition) is 3. The standard InChI is InChI=1S/C6H14N2.C5H12N2O2/c1-7-3-5-8(2)6-4-7;1-6-3-4(7-2)5(8)9/h3-6H2,1-2H3;4,6-7H,3H2,1-2H3,(H,8,9). The first-order valence-electron chi connectivity index (χ1n) is 5.93. The fourth-order valence-electron chi connectivity index (χ4n) is 1.42. The van der Waals surface area contributed by atoms with Crippen LogP contribution in [0.25, 0.3) is 0 Å². The molecule has 6 nitrogen and oxygen atoms in total. The first-order valence-corrected chi connectivity index (χ1v) is 5.93. The van der Waals surface area contributed by atoms with E-state index >= 15 is 0 Å². The van der Waals surface area contributed by atoms with Gasteiger partial charge >= 0.3 is 5.97 Å². The SMILES string of the molecule is CN1CCN(C)CC1.CNCC(NC)C(=O)O. The first kappa shape index (κ1) is 16.3. The molecule has 0 aromatic heterocycles. The van der Waals surface area contributed by atoms with Crippen molar-refractivity contribution in [2.75, 3.05) is 60.9 Å². The molecule has 0 aromatic rings. The third-order valence-electron chi connectivity index (χ3n) is 2.78. The van der Waals surface area contributed by atoms with Gasteiger partial charge in [-0.3, -0.25) is 4.79 Å². The maximum Gasteiger partial charge on any atom is 0.322 e. The number of carboxylic acids is 1. The van der Waals surface area contributed by atoms with Gasteiger partial charge in [0.15, 0.2) is 0 Å². The lowest BCUT2D eigenvalue weighted by Gasteiger charge is -2.28. The molecule has 1 aliphatic rings. The summed E-state index contributed by atoms with van der Waals surface area (Å²) in [6, 6.07) is -0.477. The second kappa shape index (κ2) is 9.35. The van der Waals surface area contributed by atoms with Crippen LogP contribution < -0.4 is 10.6 Å². The van der Waals surface area contributed by atoms with Crippen molar-refractivity contribution in [1.29, 1.82) is 0 Å². The van der Waals surface area contributed by atoms with Gasteiger partial charge in [-0.2, -0.15) is 0 Å². The van der Waals surface area contributed by atoms with E-state index < -0.39 is 12.0 Å². The fourth-order valence-corrected chi connectivity index (χ4v) is 1.42. The quantitative estimate of drug-likeness (QED) is 0.575. The zero-order valence-corrected chi connectivity index (χ0v) is 11.4. The molecule has 1 fully saturated rings. The lowest BCUT2D eigenvalue weighted by Crippen LogP contribution is -2.42. The molecular weight excluding hydrogens is 220 g/mol. The Morgan fingerprint density at radius 2 is 1.59 bits per heavy atom.